The van der Waals surface area contributed by atoms with Crippen LogP contribution in [0.25, 0.3) is 11.0 Å². The third-order valence-corrected chi connectivity index (χ3v) is 2.89. The van der Waals surface area contributed by atoms with Gasteiger partial charge in [-0.2, -0.15) is 0 Å². The molecule has 22 heavy (non-hydrogen) atoms. The third-order valence-electron chi connectivity index (χ3n) is 2.89. The van der Waals surface area contributed by atoms with Crippen LogP contribution >= 0.6 is 0 Å². The van der Waals surface area contributed by atoms with Crippen LogP contribution in [-0.2, 0) is 0 Å². The van der Waals surface area contributed by atoms with Crippen molar-refractivity contribution in [3.63, 3.8) is 0 Å². The van der Waals surface area contributed by atoms with E-state index in [0.29, 0.717) is 16.6 Å². The molecule has 0 saturated carbocycles. The first-order valence-electron chi connectivity index (χ1n) is 6.46. The molecule has 0 fully saturated rings. The standard InChI is InChI=1S/C15H11N5O2/c21-14(10-4-3-7-16-8-10)19-20-15(22)13-9-17-11-5-1-2-6-12(11)18-13/h1-9H,(H,19,21)(H,20,22). The van der Waals surface area contributed by atoms with Gasteiger partial charge in [-0.15, -0.1) is 0 Å². The van der Waals surface area contributed by atoms with Crippen molar-refractivity contribution in [3.05, 3.63) is 66.2 Å². The van der Waals surface area contributed by atoms with E-state index >= 15 is 0 Å². The summed E-state index contributed by atoms with van der Waals surface area (Å²) in [5.41, 5.74) is 6.35. The van der Waals surface area contributed by atoms with Crippen LogP contribution in [0.4, 0.5) is 0 Å². The number of benzene rings is 1. The Morgan fingerprint density at radius 3 is 2.41 bits per heavy atom. The Kier molecular flexibility index (Phi) is 3.69. The SMILES string of the molecule is O=C(NNC(=O)c1cnc2ccccc2n1)c1cccnc1. The minimum absolute atomic E-state index is 0.116. The van der Waals surface area contributed by atoms with E-state index in [2.05, 4.69) is 25.8 Å². The zero-order valence-corrected chi connectivity index (χ0v) is 11.4. The van der Waals surface area contributed by atoms with E-state index in [0.717, 1.165) is 0 Å². The molecule has 3 aromatic rings. The molecule has 2 aromatic heterocycles. The van der Waals surface area contributed by atoms with Crippen LogP contribution in [0.15, 0.2) is 55.0 Å². The molecule has 2 N–H and O–H groups in total. The summed E-state index contributed by atoms with van der Waals surface area (Å²) < 4.78 is 0. The number of pyridine rings is 1. The number of para-hydroxylation sites is 2. The van der Waals surface area contributed by atoms with Crippen LogP contribution in [0.1, 0.15) is 20.8 Å². The van der Waals surface area contributed by atoms with Gasteiger partial charge in [0, 0.05) is 12.4 Å². The molecule has 0 spiro atoms. The summed E-state index contributed by atoms with van der Waals surface area (Å²) in [6.07, 6.45) is 4.31. The van der Waals surface area contributed by atoms with Gasteiger partial charge in [-0.05, 0) is 24.3 Å². The lowest BCUT2D eigenvalue weighted by Crippen LogP contribution is -2.42. The van der Waals surface area contributed by atoms with E-state index in [1.807, 2.05) is 12.1 Å². The summed E-state index contributed by atoms with van der Waals surface area (Å²) in [4.78, 5) is 35.9. The highest BCUT2D eigenvalue weighted by atomic mass is 16.2. The Balaban J connectivity index is 1.69. The summed E-state index contributed by atoms with van der Waals surface area (Å²) >= 11 is 0. The molecule has 2 amide bonds. The molecule has 7 nitrogen and oxygen atoms in total. The molecule has 0 radical (unpaired) electrons. The minimum Gasteiger partial charge on any atom is -0.267 e. The highest BCUT2D eigenvalue weighted by Gasteiger charge is 2.11. The molecular formula is C15H11N5O2. The van der Waals surface area contributed by atoms with Crippen LogP contribution in [0.2, 0.25) is 0 Å². The first-order valence-corrected chi connectivity index (χ1v) is 6.46. The molecule has 0 atom stereocenters. The maximum Gasteiger partial charge on any atom is 0.289 e. The van der Waals surface area contributed by atoms with Crippen molar-refractivity contribution in [1.29, 1.82) is 0 Å². The number of amides is 2. The lowest BCUT2D eigenvalue weighted by atomic mass is 10.3. The molecule has 0 saturated heterocycles. The minimum atomic E-state index is -0.546. The van der Waals surface area contributed by atoms with Crippen LogP contribution < -0.4 is 10.9 Å². The van der Waals surface area contributed by atoms with Crippen molar-refractivity contribution in [2.45, 2.75) is 0 Å². The van der Waals surface area contributed by atoms with E-state index in [1.165, 1.54) is 12.4 Å². The van der Waals surface area contributed by atoms with Gasteiger partial charge in [0.25, 0.3) is 11.8 Å². The van der Waals surface area contributed by atoms with Gasteiger partial charge in [0.05, 0.1) is 22.8 Å². The van der Waals surface area contributed by atoms with Crippen LogP contribution in [0, 0.1) is 0 Å². The van der Waals surface area contributed by atoms with Crippen LogP contribution in [0.3, 0.4) is 0 Å². The molecular weight excluding hydrogens is 282 g/mol. The molecule has 0 unspecified atom stereocenters. The zero-order chi connectivity index (χ0) is 15.4. The van der Waals surface area contributed by atoms with Crippen LogP contribution in [0.5, 0.6) is 0 Å². The number of fused-ring (bicyclic) bond motifs is 1. The lowest BCUT2D eigenvalue weighted by Gasteiger charge is -2.07. The number of carbonyl (C=O) groups excluding carboxylic acids is 2. The van der Waals surface area contributed by atoms with Gasteiger partial charge in [0.1, 0.15) is 5.69 Å². The summed E-state index contributed by atoms with van der Waals surface area (Å²) in [5.74, 6) is -1.01. The molecule has 7 heteroatoms. The van der Waals surface area contributed by atoms with Crippen LogP contribution in [-0.4, -0.2) is 26.8 Å². The summed E-state index contributed by atoms with van der Waals surface area (Å²) in [6, 6.07) is 10.4. The second-order valence-electron chi connectivity index (χ2n) is 4.39. The molecule has 2 heterocycles. The van der Waals surface area contributed by atoms with Gasteiger partial charge in [0.15, 0.2) is 0 Å². The number of hydrazine groups is 1. The molecule has 1 aromatic carbocycles. The fraction of sp³-hybridized carbons (Fsp3) is 0. The number of hydrogen-bond donors (Lipinski definition) is 2. The first-order chi connectivity index (χ1) is 10.7. The largest absolute Gasteiger partial charge is 0.289 e. The van der Waals surface area contributed by atoms with Gasteiger partial charge in [-0.1, -0.05) is 12.1 Å². The maximum atomic E-state index is 12.0. The van der Waals surface area contributed by atoms with Crippen molar-refractivity contribution in [2.24, 2.45) is 0 Å². The van der Waals surface area contributed by atoms with Crippen molar-refractivity contribution < 1.29 is 9.59 Å². The lowest BCUT2D eigenvalue weighted by molar-refractivity contribution is 0.0843. The number of aromatic nitrogens is 3. The predicted octanol–water partition coefficient (Wildman–Crippen LogP) is 1.10. The van der Waals surface area contributed by atoms with E-state index < -0.39 is 11.8 Å². The normalized spacial score (nSPS) is 10.2. The fourth-order valence-electron chi connectivity index (χ4n) is 1.81. The predicted molar refractivity (Wildman–Crippen MR) is 78.7 cm³/mol. The highest BCUT2D eigenvalue weighted by molar-refractivity contribution is 5.98. The second kappa shape index (κ2) is 5.96. The Bertz CT molecular complexity index is 835. The van der Waals surface area contributed by atoms with E-state index in [1.54, 1.807) is 30.5 Å². The fourth-order valence-corrected chi connectivity index (χ4v) is 1.81. The van der Waals surface area contributed by atoms with Gasteiger partial charge in [-0.3, -0.25) is 30.4 Å². The van der Waals surface area contributed by atoms with Crippen molar-refractivity contribution >= 4 is 22.8 Å². The van der Waals surface area contributed by atoms with Gasteiger partial charge < -0.3 is 0 Å². The molecule has 3 rings (SSSR count). The molecule has 0 bridgehead atoms. The zero-order valence-electron chi connectivity index (χ0n) is 11.4. The van der Waals surface area contributed by atoms with Gasteiger partial charge >= 0.3 is 0 Å². The Morgan fingerprint density at radius 2 is 1.64 bits per heavy atom. The van der Waals surface area contributed by atoms with Crippen molar-refractivity contribution in [3.8, 4) is 0 Å². The molecule has 108 valence electrons. The number of hydrogen-bond acceptors (Lipinski definition) is 5. The van der Waals surface area contributed by atoms with Gasteiger partial charge in [-0.25, -0.2) is 4.98 Å². The number of nitrogens with zero attached hydrogens (tertiary/aromatic N) is 3. The molecule has 0 aliphatic carbocycles. The Hall–Kier alpha value is -3.35. The number of rotatable bonds is 2. The monoisotopic (exact) mass is 293 g/mol. The highest BCUT2D eigenvalue weighted by Crippen LogP contribution is 2.08. The Morgan fingerprint density at radius 1 is 0.864 bits per heavy atom. The van der Waals surface area contributed by atoms with E-state index in [-0.39, 0.29) is 5.69 Å². The van der Waals surface area contributed by atoms with E-state index in [4.69, 9.17) is 0 Å². The summed E-state index contributed by atoms with van der Waals surface area (Å²) in [7, 11) is 0. The Labute approximate surface area is 125 Å². The van der Waals surface area contributed by atoms with Crippen molar-refractivity contribution in [1.82, 2.24) is 25.8 Å². The molecule has 0 aliphatic rings. The van der Waals surface area contributed by atoms with Crippen molar-refractivity contribution in [2.75, 3.05) is 0 Å². The third kappa shape index (κ3) is 2.88. The average molecular weight is 293 g/mol. The first kappa shape index (κ1) is 13.6. The second-order valence-corrected chi connectivity index (χ2v) is 4.39. The number of carbonyl (C=O) groups is 2. The smallest absolute Gasteiger partial charge is 0.267 e. The summed E-state index contributed by atoms with van der Waals surface area (Å²) in [5, 5.41) is 0. The average Bonchev–Trinajstić information content (AvgIpc) is 2.59. The quantitative estimate of drug-likeness (QED) is 0.690. The van der Waals surface area contributed by atoms with E-state index in [9.17, 15) is 9.59 Å². The number of nitrogens with one attached hydrogen (secondary N) is 2. The summed E-state index contributed by atoms with van der Waals surface area (Å²) in [6.45, 7) is 0. The molecule has 0 aliphatic heterocycles. The maximum absolute atomic E-state index is 12.0. The topological polar surface area (TPSA) is 96.9 Å². The van der Waals surface area contributed by atoms with Gasteiger partial charge in [0.2, 0.25) is 0 Å².